The van der Waals surface area contributed by atoms with E-state index in [1.165, 1.54) is 43.5 Å². The smallest absolute Gasteiger partial charge is 0.315 e. The molecule has 5 nitrogen and oxygen atoms in total. The Labute approximate surface area is 150 Å². The molecule has 1 aromatic rings. The third-order valence-electron chi connectivity index (χ3n) is 5.12. The topological polar surface area (TPSA) is 64.6 Å². The molecule has 0 bridgehead atoms. The van der Waals surface area contributed by atoms with Crippen LogP contribution in [-0.4, -0.2) is 41.8 Å². The highest BCUT2D eigenvalue weighted by molar-refractivity contribution is 5.74. The van der Waals surface area contributed by atoms with Crippen LogP contribution in [0.5, 0.6) is 0 Å². The normalized spacial score (nSPS) is 23.6. The molecule has 3 rings (SSSR count). The van der Waals surface area contributed by atoms with Gasteiger partial charge in [-0.15, -0.1) is 0 Å². The van der Waals surface area contributed by atoms with Gasteiger partial charge in [-0.3, -0.25) is 4.90 Å². The molecule has 0 aromatic heterocycles. The van der Waals surface area contributed by atoms with Crippen LogP contribution in [-0.2, 0) is 13.1 Å². The van der Waals surface area contributed by atoms with Crippen molar-refractivity contribution in [3.05, 3.63) is 47.5 Å². The summed E-state index contributed by atoms with van der Waals surface area (Å²) in [5.74, 6) is 0.163. The summed E-state index contributed by atoms with van der Waals surface area (Å²) >= 11 is 0. The van der Waals surface area contributed by atoms with Crippen molar-refractivity contribution in [2.45, 2.75) is 44.8 Å². The van der Waals surface area contributed by atoms with Gasteiger partial charge in [0.1, 0.15) is 0 Å². The van der Waals surface area contributed by atoms with Crippen molar-refractivity contribution in [3.63, 3.8) is 0 Å². The average Bonchev–Trinajstić information content (AvgIpc) is 3.09. The zero-order valence-corrected chi connectivity index (χ0v) is 14.8. The molecular formula is C20H29N3O2. The number of piperidine rings is 1. The van der Waals surface area contributed by atoms with E-state index in [0.717, 1.165) is 13.0 Å². The number of hydrogen-bond donors (Lipinski definition) is 3. The van der Waals surface area contributed by atoms with Gasteiger partial charge in [0.15, 0.2) is 0 Å². The van der Waals surface area contributed by atoms with Crippen LogP contribution >= 0.6 is 0 Å². The van der Waals surface area contributed by atoms with Gasteiger partial charge in [0.2, 0.25) is 0 Å². The number of carbonyl (C=O) groups excluding carboxylic acids is 1. The number of likely N-dealkylation sites (tertiary alicyclic amines) is 1. The number of carbonyl (C=O) groups is 1. The van der Waals surface area contributed by atoms with Gasteiger partial charge < -0.3 is 15.7 Å². The van der Waals surface area contributed by atoms with E-state index in [2.05, 4.69) is 33.7 Å². The lowest BCUT2D eigenvalue weighted by Gasteiger charge is -2.27. The van der Waals surface area contributed by atoms with Crippen LogP contribution in [0.3, 0.4) is 0 Å². The fourth-order valence-electron chi connectivity index (χ4n) is 3.65. The van der Waals surface area contributed by atoms with Gasteiger partial charge in [0.05, 0.1) is 0 Å². The molecule has 0 spiro atoms. The first-order valence-corrected chi connectivity index (χ1v) is 9.37. The lowest BCUT2D eigenvalue weighted by atomic mass is 10.0. The van der Waals surface area contributed by atoms with E-state index < -0.39 is 0 Å². The number of rotatable bonds is 6. The van der Waals surface area contributed by atoms with E-state index in [0.29, 0.717) is 6.54 Å². The number of nitrogens with zero attached hydrogens (tertiary/aromatic N) is 1. The van der Waals surface area contributed by atoms with E-state index in [9.17, 15) is 4.79 Å². The minimum absolute atomic E-state index is 0.0146. The maximum absolute atomic E-state index is 12.1. The molecule has 136 valence electrons. The zero-order chi connectivity index (χ0) is 17.5. The summed E-state index contributed by atoms with van der Waals surface area (Å²) in [7, 11) is 0. The van der Waals surface area contributed by atoms with E-state index in [1.54, 1.807) is 0 Å². The maximum atomic E-state index is 12.1. The van der Waals surface area contributed by atoms with Crippen molar-refractivity contribution < 1.29 is 9.90 Å². The molecular weight excluding hydrogens is 314 g/mol. The van der Waals surface area contributed by atoms with Gasteiger partial charge in [0.25, 0.3) is 0 Å². The van der Waals surface area contributed by atoms with Crippen LogP contribution < -0.4 is 10.6 Å². The number of hydrogen-bond acceptors (Lipinski definition) is 3. The highest BCUT2D eigenvalue weighted by Crippen LogP contribution is 2.17. The van der Waals surface area contributed by atoms with Crippen LogP contribution in [0.25, 0.3) is 0 Å². The van der Waals surface area contributed by atoms with E-state index in [-0.39, 0.29) is 24.6 Å². The van der Waals surface area contributed by atoms with Crippen molar-refractivity contribution >= 4 is 6.03 Å². The molecule has 2 amide bonds. The molecule has 5 heteroatoms. The predicted molar refractivity (Wildman–Crippen MR) is 99.1 cm³/mol. The van der Waals surface area contributed by atoms with Crippen LogP contribution in [0.4, 0.5) is 4.79 Å². The largest absolute Gasteiger partial charge is 0.396 e. The molecule has 0 saturated carbocycles. The Bertz CT molecular complexity index is 596. The number of aliphatic hydroxyl groups excluding tert-OH is 1. The Morgan fingerprint density at radius 3 is 2.60 bits per heavy atom. The Hall–Kier alpha value is -1.85. The molecule has 1 aromatic carbocycles. The van der Waals surface area contributed by atoms with Crippen molar-refractivity contribution in [3.8, 4) is 0 Å². The lowest BCUT2D eigenvalue weighted by Crippen LogP contribution is -2.40. The molecule has 1 aliphatic carbocycles. The van der Waals surface area contributed by atoms with Crippen LogP contribution in [0, 0.1) is 5.92 Å². The zero-order valence-electron chi connectivity index (χ0n) is 14.8. The van der Waals surface area contributed by atoms with Gasteiger partial charge in [-0.25, -0.2) is 4.79 Å². The molecule has 1 fully saturated rings. The van der Waals surface area contributed by atoms with Gasteiger partial charge in [-0.05, 0) is 43.5 Å². The van der Waals surface area contributed by atoms with E-state index in [1.807, 2.05) is 18.2 Å². The van der Waals surface area contributed by atoms with Gasteiger partial charge in [-0.1, -0.05) is 42.8 Å². The minimum atomic E-state index is -0.152. The molecule has 1 saturated heterocycles. The van der Waals surface area contributed by atoms with Crippen molar-refractivity contribution in [1.29, 1.82) is 0 Å². The molecule has 0 radical (unpaired) electrons. The molecule has 3 N–H and O–H groups in total. The van der Waals surface area contributed by atoms with Crippen LogP contribution in [0.15, 0.2) is 36.4 Å². The van der Waals surface area contributed by atoms with Crippen molar-refractivity contribution in [1.82, 2.24) is 15.5 Å². The number of urea groups is 1. The minimum Gasteiger partial charge on any atom is -0.396 e. The van der Waals surface area contributed by atoms with E-state index in [4.69, 9.17) is 5.11 Å². The summed E-state index contributed by atoms with van der Waals surface area (Å²) in [5.41, 5.74) is 2.48. The molecule has 0 unspecified atom stereocenters. The summed E-state index contributed by atoms with van der Waals surface area (Å²) in [5, 5.41) is 15.1. The Morgan fingerprint density at radius 1 is 1.12 bits per heavy atom. The Morgan fingerprint density at radius 2 is 1.88 bits per heavy atom. The third kappa shape index (κ3) is 5.31. The number of benzene rings is 1. The van der Waals surface area contributed by atoms with Crippen molar-refractivity contribution in [2.75, 3.05) is 19.7 Å². The first-order valence-electron chi connectivity index (χ1n) is 9.37. The lowest BCUT2D eigenvalue weighted by molar-refractivity contribution is 0.220. The highest BCUT2D eigenvalue weighted by Gasteiger charge is 2.19. The monoisotopic (exact) mass is 343 g/mol. The summed E-state index contributed by atoms with van der Waals surface area (Å²) in [6.45, 7) is 3.98. The van der Waals surface area contributed by atoms with Gasteiger partial charge in [0, 0.05) is 31.7 Å². The highest BCUT2D eigenvalue weighted by atomic mass is 16.3. The first-order chi connectivity index (χ1) is 12.2. The quantitative estimate of drug-likeness (QED) is 0.695. The second-order valence-electron chi connectivity index (χ2n) is 7.10. The SMILES string of the molecule is O=C(NCc1ccccc1CN1CCCCC1)N[C@@H]1C=C[C@H](CO)C1. The Balaban J connectivity index is 1.49. The standard InChI is InChI=1S/C20H29N3O2/c24-15-16-8-9-19(12-16)22-20(25)21-13-17-6-2-3-7-18(17)14-23-10-4-1-5-11-23/h2-3,6-9,16,19,24H,1,4-5,10-15H2,(H2,21,22,25)/t16-,19+/m0/s1. The fraction of sp³-hybridized carbons (Fsp3) is 0.550. The molecule has 25 heavy (non-hydrogen) atoms. The van der Waals surface area contributed by atoms with Crippen LogP contribution in [0.1, 0.15) is 36.8 Å². The average molecular weight is 343 g/mol. The second kappa shape index (κ2) is 9.02. The number of aliphatic hydroxyl groups is 1. The summed E-state index contributed by atoms with van der Waals surface area (Å²) < 4.78 is 0. The predicted octanol–water partition coefficient (Wildman–Crippen LogP) is 2.41. The van der Waals surface area contributed by atoms with E-state index >= 15 is 0 Å². The van der Waals surface area contributed by atoms with Crippen LogP contribution in [0.2, 0.25) is 0 Å². The summed E-state index contributed by atoms with van der Waals surface area (Å²) in [6.07, 6.45) is 8.62. The molecule has 2 atom stereocenters. The Kier molecular flexibility index (Phi) is 6.48. The number of amides is 2. The molecule has 1 aliphatic heterocycles. The van der Waals surface area contributed by atoms with Gasteiger partial charge in [-0.2, -0.15) is 0 Å². The molecule has 2 aliphatic rings. The summed E-state index contributed by atoms with van der Waals surface area (Å²) in [4.78, 5) is 14.6. The number of nitrogens with one attached hydrogen (secondary N) is 2. The summed E-state index contributed by atoms with van der Waals surface area (Å²) in [6, 6.07) is 8.22. The fourth-order valence-corrected chi connectivity index (χ4v) is 3.65. The van der Waals surface area contributed by atoms with Crippen molar-refractivity contribution in [2.24, 2.45) is 5.92 Å². The molecule has 1 heterocycles. The first kappa shape index (κ1) is 18.0. The van der Waals surface area contributed by atoms with Gasteiger partial charge >= 0.3 is 6.03 Å². The third-order valence-corrected chi connectivity index (χ3v) is 5.12. The second-order valence-corrected chi connectivity index (χ2v) is 7.10. The maximum Gasteiger partial charge on any atom is 0.315 e.